The van der Waals surface area contributed by atoms with Crippen molar-refractivity contribution in [1.29, 1.82) is 0 Å². The zero-order valence-corrected chi connectivity index (χ0v) is 6.12. The molecule has 0 radical (unpaired) electrons. The summed E-state index contributed by atoms with van der Waals surface area (Å²) in [5.41, 5.74) is 1.33. The van der Waals surface area contributed by atoms with Crippen LogP contribution < -0.4 is 0 Å². The first-order chi connectivity index (χ1) is 4.86. The summed E-state index contributed by atoms with van der Waals surface area (Å²) in [5, 5.41) is 0. The third kappa shape index (κ3) is 0.783. The molecule has 1 aromatic rings. The van der Waals surface area contributed by atoms with E-state index in [2.05, 4.69) is 42.0 Å². The first kappa shape index (κ1) is 5.78. The number of hydrogen-bond acceptors (Lipinski definition) is 0. The SMILES string of the molecule is C[C@H]1C=Cc2cccn2C1. The van der Waals surface area contributed by atoms with Crippen molar-refractivity contribution in [2.24, 2.45) is 5.92 Å². The van der Waals surface area contributed by atoms with Gasteiger partial charge < -0.3 is 4.57 Å². The molecule has 2 heterocycles. The van der Waals surface area contributed by atoms with Crippen molar-refractivity contribution in [2.75, 3.05) is 0 Å². The molecule has 0 amide bonds. The Hall–Kier alpha value is -0.980. The van der Waals surface area contributed by atoms with Crippen LogP contribution in [0.2, 0.25) is 0 Å². The van der Waals surface area contributed by atoms with Crippen LogP contribution in [0.3, 0.4) is 0 Å². The smallest absolute Gasteiger partial charge is 0.0403 e. The molecule has 1 aliphatic rings. The Labute approximate surface area is 61.0 Å². The first-order valence-corrected chi connectivity index (χ1v) is 3.69. The predicted molar refractivity (Wildman–Crippen MR) is 42.6 cm³/mol. The normalized spacial score (nSPS) is 22.7. The van der Waals surface area contributed by atoms with Gasteiger partial charge >= 0.3 is 0 Å². The van der Waals surface area contributed by atoms with E-state index in [0.717, 1.165) is 6.54 Å². The molecule has 0 aromatic carbocycles. The maximum absolute atomic E-state index is 2.28. The fourth-order valence-corrected chi connectivity index (χ4v) is 1.38. The van der Waals surface area contributed by atoms with E-state index in [9.17, 15) is 0 Å². The van der Waals surface area contributed by atoms with Gasteiger partial charge in [-0.25, -0.2) is 0 Å². The molecule has 0 saturated carbocycles. The van der Waals surface area contributed by atoms with Crippen molar-refractivity contribution in [2.45, 2.75) is 13.5 Å². The first-order valence-electron chi connectivity index (χ1n) is 3.69. The molecule has 0 N–H and O–H groups in total. The maximum Gasteiger partial charge on any atom is 0.0403 e. The molecule has 0 unspecified atom stereocenters. The van der Waals surface area contributed by atoms with E-state index in [1.807, 2.05) is 0 Å². The van der Waals surface area contributed by atoms with Crippen LogP contribution in [-0.4, -0.2) is 4.57 Å². The van der Waals surface area contributed by atoms with Crippen molar-refractivity contribution in [3.63, 3.8) is 0 Å². The Morgan fingerprint density at radius 2 is 2.50 bits per heavy atom. The lowest BCUT2D eigenvalue weighted by atomic mass is 10.1. The van der Waals surface area contributed by atoms with Gasteiger partial charge in [0.05, 0.1) is 0 Å². The molecule has 1 aliphatic heterocycles. The van der Waals surface area contributed by atoms with Crippen molar-refractivity contribution in [3.05, 3.63) is 30.1 Å². The van der Waals surface area contributed by atoms with Crippen LogP contribution >= 0.6 is 0 Å². The van der Waals surface area contributed by atoms with Gasteiger partial charge in [-0.05, 0) is 24.1 Å². The topological polar surface area (TPSA) is 4.93 Å². The van der Waals surface area contributed by atoms with Crippen molar-refractivity contribution < 1.29 is 0 Å². The standard InChI is InChI=1S/C9H11N/c1-8-4-5-9-3-2-6-10(9)7-8/h2-6,8H,7H2,1H3/t8-/m0/s1. The number of fused-ring (bicyclic) bond motifs is 1. The maximum atomic E-state index is 2.28. The molecule has 52 valence electrons. The van der Waals surface area contributed by atoms with Gasteiger partial charge in [-0.2, -0.15) is 0 Å². The molecule has 1 atom stereocenters. The second kappa shape index (κ2) is 2.01. The number of allylic oxidation sites excluding steroid dienone is 1. The van der Waals surface area contributed by atoms with E-state index < -0.39 is 0 Å². The third-order valence-electron chi connectivity index (χ3n) is 1.94. The van der Waals surface area contributed by atoms with Gasteiger partial charge in [0.15, 0.2) is 0 Å². The Morgan fingerprint density at radius 1 is 1.60 bits per heavy atom. The van der Waals surface area contributed by atoms with Crippen molar-refractivity contribution in [1.82, 2.24) is 4.57 Å². The highest BCUT2D eigenvalue weighted by molar-refractivity contribution is 5.47. The second-order valence-electron chi connectivity index (χ2n) is 2.92. The van der Waals surface area contributed by atoms with E-state index in [1.54, 1.807) is 0 Å². The average molecular weight is 133 g/mol. The van der Waals surface area contributed by atoms with Gasteiger partial charge in [0, 0.05) is 18.4 Å². The van der Waals surface area contributed by atoms with E-state index in [0.29, 0.717) is 5.92 Å². The number of hydrogen-bond donors (Lipinski definition) is 0. The number of rotatable bonds is 0. The molecule has 0 aliphatic carbocycles. The number of nitrogens with zero attached hydrogens (tertiary/aromatic N) is 1. The minimum Gasteiger partial charge on any atom is -0.347 e. The molecular weight excluding hydrogens is 122 g/mol. The summed E-state index contributed by atoms with van der Waals surface area (Å²) in [5.74, 6) is 0.694. The molecular formula is C9H11N. The van der Waals surface area contributed by atoms with Crippen LogP contribution in [0.15, 0.2) is 24.4 Å². The quantitative estimate of drug-likeness (QED) is 0.511. The predicted octanol–water partition coefficient (Wildman–Crippen LogP) is 2.15. The Bertz CT molecular complexity index is 257. The van der Waals surface area contributed by atoms with E-state index in [-0.39, 0.29) is 0 Å². The Kier molecular flexibility index (Phi) is 1.16. The van der Waals surface area contributed by atoms with Crippen LogP contribution in [0.5, 0.6) is 0 Å². The molecule has 1 heteroatoms. The highest BCUT2D eigenvalue weighted by atomic mass is 15.0. The highest BCUT2D eigenvalue weighted by Gasteiger charge is 2.06. The summed E-state index contributed by atoms with van der Waals surface area (Å²) in [7, 11) is 0. The van der Waals surface area contributed by atoms with Gasteiger partial charge in [-0.1, -0.05) is 13.0 Å². The largest absolute Gasteiger partial charge is 0.347 e. The van der Waals surface area contributed by atoms with E-state index in [4.69, 9.17) is 0 Å². The lowest BCUT2D eigenvalue weighted by Crippen LogP contribution is -2.09. The van der Waals surface area contributed by atoms with Crippen LogP contribution in [0, 0.1) is 5.92 Å². The second-order valence-corrected chi connectivity index (χ2v) is 2.92. The summed E-state index contributed by atoms with van der Waals surface area (Å²) in [6.07, 6.45) is 6.58. The summed E-state index contributed by atoms with van der Waals surface area (Å²) in [6, 6.07) is 4.24. The molecule has 0 spiro atoms. The molecule has 2 rings (SSSR count). The molecule has 0 fully saturated rings. The summed E-state index contributed by atoms with van der Waals surface area (Å²) >= 11 is 0. The fourth-order valence-electron chi connectivity index (χ4n) is 1.38. The highest BCUT2D eigenvalue weighted by Crippen LogP contribution is 2.15. The van der Waals surface area contributed by atoms with Gasteiger partial charge in [0.25, 0.3) is 0 Å². The Morgan fingerprint density at radius 3 is 3.40 bits per heavy atom. The average Bonchev–Trinajstić information content (AvgIpc) is 2.33. The lowest BCUT2D eigenvalue weighted by molar-refractivity contribution is 0.560. The van der Waals surface area contributed by atoms with E-state index in [1.165, 1.54) is 5.69 Å². The molecule has 1 aromatic heterocycles. The molecule has 0 saturated heterocycles. The zero-order chi connectivity index (χ0) is 6.97. The zero-order valence-electron chi connectivity index (χ0n) is 6.12. The Balaban J connectivity index is 2.43. The molecule has 10 heavy (non-hydrogen) atoms. The lowest BCUT2D eigenvalue weighted by Gasteiger charge is -2.14. The summed E-state index contributed by atoms with van der Waals surface area (Å²) in [6.45, 7) is 3.37. The number of aromatic nitrogens is 1. The molecule has 1 nitrogen and oxygen atoms in total. The van der Waals surface area contributed by atoms with Crippen LogP contribution in [0.1, 0.15) is 12.6 Å². The van der Waals surface area contributed by atoms with Gasteiger partial charge in [0.1, 0.15) is 0 Å². The van der Waals surface area contributed by atoms with Crippen molar-refractivity contribution in [3.8, 4) is 0 Å². The fraction of sp³-hybridized carbons (Fsp3) is 0.333. The van der Waals surface area contributed by atoms with Gasteiger partial charge in [0.2, 0.25) is 0 Å². The van der Waals surface area contributed by atoms with Crippen molar-refractivity contribution >= 4 is 6.08 Å². The van der Waals surface area contributed by atoms with Crippen LogP contribution in [0.25, 0.3) is 6.08 Å². The van der Waals surface area contributed by atoms with Crippen LogP contribution in [0.4, 0.5) is 0 Å². The van der Waals surface area contributed by atoms with Crippen LogP contribution in [-0.2, 0) is 6.54 Å². The summed E-state index contributed by atoms with van der Waals surface area (Å²) in [4.78, 5) is 0. The monoisotopic (exact) mass is 133 g/mol. The van der Waals surface area contributed by atoms with E-state index >= 15 is 0 Å². The third-order valence-corrected chi connectivity index (χ3v) is 1.94. The minimum absolute atomic E-state index is 0.694. The molecule has 0 bridgehead atoms. The minimum atomic E-state index is 0.694. The van der Waals surface area contributed by atoms with Gasteiger partial charge in [-0.15, -0.1) is 0 Å². The van der Waals surface area contributed by atoms with Gasteiger partial charge in [-0.3, -0.25) is 0 Å². The summed E-state index contributed by atoms with van der Waals surface area (Å²) < 4.78 is 2.28.